The molecule has 0 aliphatic rings. The van der Waals surface area contributed by atoms with Crippen LogP contribution in [0.3, 0.4) is 0 Å². The maximum atomic E-state index is 12.6. The van der Waals surface area contributed by atoms with Crippen LogP contribution in [0.2, 0.25) is 0 Å². The number of nitrogens with one attached hydrogen (secondary N) is 1. The highest BCUT2D eigenvalue weighted by Gasteiger charge is 2.15. The largest absolute Gasteiger partial charge is 0.381 e. The van der Waals surface area contributed by atoms with E-state index in [0.29, 0.717) is 0 Å². The van der Waals surface area contributed by atoms with Gasteiger partial charge in [-0.1, -0.05) is 18.3 Å². The fourth-order valence-electron chi connectivity index (χ4n) is 2.14. The van der Waals surface area contributed by atoms with E-state index in [1.807, 2.05) is 49.7 Å². The second-order valence-electron chi connectivity index (χ2n) is 5.03. The zero-order valence-corrected chi connectivity index (χ0v) is 15.8. The molecule has 2 rings (SSSR count). The van der Waals surface area contributed by atoms with E-state index in [0.717, 1.165) is 27.6 Å². The maximum absolute atomic E-state index is 12.6. The van der Waals surface area contributed by atoms with Crippen LogP contribution in [-0.4, -0.2) is 30.0 Å². The lowest BCUT2D eigenvalue weighted by molar-refractivity contribution is 0.119. The Labute approximate surface area is 149 Å². The highest BCUT2D eigenvalue weighted by atomic mass is 32.2. The molecule has 0 saturated heterocycles. The van der Waals surface area contributed by atoms with E-state index < -0.39 is 11.0 Å². The molecule has 4 nitrogen and oxygen atoms in total. The van der Waals surface area contributed by atoms with Crippen molar-refractivity contribution in [3.8, 4) is 0 Å². The highest BCUT2D eigenvalue weighted by molar-refractivity contribution is 7.88. The van der Waals surface area contributed by atoms with Gasteiger partial charge in [-0.3, -0.25) is 4.31 Å². The molecule has 23 heavy (non-hydrogen) atoms. The number of thiocarbonyl (C=S) groups is 1. The second-order valence-corrected chi connectivity index (χ2v) is 7.96. The van der Waals surface area contributed by atoms with Gasteiger partial charge in [0.25, 0.3) is 0 Å². The first-order chi connectivity index (χ1) is 11.1. The number of thiophene rings is 1. The summed E-state index contributed by atoms with van der Waals surface area (Å²) in [5, 5.41) is 5.00. The molecule has 1 heterocycles. The third kappa shape index (κ3) is 4.60. The van der Waals surface area contributed by atoms with Gasteiger partial charge in [-0.2, -0.15) is 0 Å². The summed E-state index contributed by atoms with van der Waals surface area (Å²) in [4.78, 5) is 0. The van der Waals surface area contributed by atoms with Crippen LogP contribution in [0.15, 0.2) is 39.9 Å². The van der Waals surface area contributed by atoms with Gasteiger partial charge < -0.3 is 10.1 Å². The molecule has 2 aromatic rings. The number of rotatable bonds is 8. The minimum absolute atomic E-state index is 0.0871. The lowest BCUT2D eigenvalue weighted by atomic mass is 10.1. The Hall–Kier alpha value is -1.28. The highest BCUT2D eigenvalue weighted by Crippen LogP contribution is 2.27. The van der Waals surface area contributed by atoms with Gasteiger partial charge in [-0.15, -0.1) is 11.3 Å². The number of benzene rings is 1. The van der Waals surface area contributed by atoms with Crippen molar-refractivity contribution in [2.24, 2.45) is 0 Å². The Morgan fingerprint density at radius 3 is 2.87 bits per heavy atom. The van der Waals surface area contributed by atoms with Crippen molar-refractivity contribution in [2.75, 3.05) is 23.8 Å². The van der Waals surface area contributed by atoms with Crippen LogP contribution in [-0.2, 0) is 22.1 Å². The van der Waals surface area contributed by atoms with Crippen molar-refractivity contribution < 1.29 is 8.95 Å². The third-order valence-electron chi connectivity index (χ3n) is 3.49. The molecule has 1 aromatic carbocycles. The topological polar surface area (TPSA) is 41.6 Å². The van der Waals surface area contributed by atoms with Gasteiger partial charge in [0.05, 0.1) is 11.6 Å². The number of hydrogen-bond donors (Lipinski definition) is 1. The normalized spacial score (nSPS) is 13.3. The fourth-order valence-corrected chi connectivity index (χ4v) is 4.31. The summed E-state index contributed by atoms with van der Waals surface area (Å²) < 4.78 is 20.6. The number of ether oxygens (including phenoxy) is 1. The zero-order chi connectivity index (χ0) is 16.8. The molecule has 0 saturated carbocycles. The van der Waals surface area contributed by atoms with Crippen LogP contribution in [0.1, 0.15) is 12.5 Å². The molecule has 0 aliphatic heterocycles. The fraction of sp³-hybridized carbons (Fsp3) is 0.312. The summed E-state index contributed by atoms with van der Waals surface area (Å²) in [5.74, 6) is 0. The molecule has 0 amide bonds. The number of nitrogens with zero attached hydrogens (tertiary/aromatic N) is 1. The molecule has 124 valence electrons. The number of methoxy groups -OCH3 is 1. The Balaban J connectivity index is 2.29. The van der Waals surface area contributed by atoms with Crippen molar-refractivity contribution in [3.05, 3.63) is 41.3 Å². The minimum Gasteiger partial charge on any atom is -0.381 e. The van der Waals surface area contributed by atoms with Crippen LogP contribution in [0.5, 0.6) is 0 Å². The second kappa shape index (κ2) is 8.54. The average molecular weight is 369 g/mol. The van der Waals surface area contributed by atoms with Crippen molar-refractivity contribution in [1.29, 1.82) is 0 Å². The molecule has 2 atom stereocenters. The van der Waals surface area contributed by atoms with Crippen LogP contribution >= 0.6 is 23.6 Å². The summed E-state index contributed by atoms with van der Waals surface area (Å²) in [6, 6.07) is 9.71. The van der Waals surface area contributed by atoms with Crippen LogP contribution in [0.25, 0.3) is 0 Å². The van der Waals surface area contributed by atoms with Gasteiger partial charge in [0.1, 0.15) is 4.21 Å². The van der Waals surface area contributed by atoms with E-state index in [1.54, 1.807) is 11.4 Å². The summed E-state index contributed by atoms with van der Waals surface area (Å²) in [7, 11) is 2.32. The molecule has 0 fully saturated rings. The van der Waals surface area contributed by atoms with E-state index >= 15 is 0 Å². The van der Waals surface area contributed by atoms with Gasteiger partial charge in [0.15, 0.2) is 11.0 Å². The SMILES string of the molecule is COC(C)Cc1cc(N(C)S(=O)c2cccs2)ccc1NC=S. The summed E-state index contributed by atoms with van der Waals surface area (Å²) in [5.41, 5.74) is 4.41. The average Bonchev–Trinajstić information content (AvgIpc) is 3.09. The number of hydrogen-bond acceptors (Lipinski definition) is 4. The van der Waals surface area contributed by atoms with E-state index in [9.17, 15) is 4.21 Å². The van der Waals surface area contributed by atoms with Gasteiger partial charge in [-0.05, 0) is 42.1 Å². The molecule has 7 heteroatoms. The predicted octanol–water partition coefficient (Wildman–Crippen LogP) is 3.85. The van der Waals surface area contributed by atoms with Crippen LogP contribution in [0.4, 0.5) is 11.4 Å². The standard InChI is InChI=1S/C16H20N2O2S3/c1-12(20-3)9-13-10-14(6-7-15(13)17-11-21)18(2)23(19)16-5-4-8-22-16/h4-8,10-12H,9H2,1-3H3,(H,17,21). The van der Waals surface area contributed by atoms with Crippen molar-refractivity contribution in [3.63, 3.8) is 0 Å². The van der Waals surface area contributed by atoms with Crippen molar-refractivity contribution >= 4 is 51.4 Å². The molecule has 0 aliphatic carbocycles. The molecule has 1 N–H and O–H groups in total. The molecule has 1 aromatic heterocycles. The van der Waals surface area contributed by atoms with E-state index in [-0.39, 0.29) is 6.10 Å². The Kier molecular flexibility index (Phi) is 6.71. The first kappa shape index (κ1) is 18.1. The van der Waals surface area contributed by atoms with E-state index in [1.165, 1.54) is 16.8 Å². The monoisotopic (exact) mass is 368 g/mol. The van der Waals surface area contributed by atoms with Crippen LogP contribution < -0.4 is 9.62 Å². The summed E-state index contributed by atoms with van der Waals surface area (Å²) >= 11 is 6.38. The zero-order valence-electron chi connectivity index (χ0n) is 13.3. The molecular formula is C16H20N2O2S3. The van der Waals surface area contributed by atoms with Gasteiger partial charge in [0, 0.05) is 32.0 Å². The maximum Gasteiger partial charge on any atom is 0.162 e. The molecular weight excluding hydrogens is 348 g/mol. The first-order valence-electron chi connectivity index (χ1n) is 7.11. The van der Waals surface area contributed by atoms with E-state index in [4.69, 9.17) is 17.0 Å². The van der Waals surface area contributed by atoms with E-state index in [2.05, 4.69) is 5.32 Å². The lowest BCUT2D eigenvalue weighted by Crippen LogP contribution is -2.20. The van der Waals surface area contributed by atoms with Gasteiger partial charge in [0.2, 0.25) is 0 Å². The summed E-state index contributed by atoms with van der Waals surface area (Å²) in [6.07, 6.45) is 0.832. The van der Waals surface area contributed by atoms with Crippen molar-refractivity contribution in [1.82, 2.24) is 0 Å². The van der Waals surface area contributed by atoms with Gasteiger partial charge in [-0.25, -0.2) is 4.21 Å². The molecule has 0 radical (unpaired) electrons. The Morgan fingerprint density at radius 2 is 2.26 bits per heavy atom. The Morgan fingerprint density at radius 1 is 1.48 bits per heavy atom. The smallest absolute Gasteiger partial charge is 0.162 e. The molecule has 0 spiro atoms. The quantitative estimate of drug-likeness (QED) is 0.719. The summed E-state index contributed by atoms with van der Waals surface area (Å²) in [6.45, 7) is 2.02. The molecule has 2 unspecified atom stereocenters. The minimum atomic E-state index is -1.21. The van der Waals surface area contributed by atoms with Gasteiger partial charge >= 0.3 is 0 Å². The third-order valence-corrected chi connectivity index (χ3v) is 6.18. The first-order valence-corrected chi connectivity index (χ1v) is 9.57. The number of anilines is 2. The van der Waals surface area contributed by atoms with Crippen molar-refractivity contribution in [2.45, 2.75) is 23.7 Å². The molecule has 0 bridgehead atoms. The Bertz CT molecular complexity index is 674. The van der Waals surface area contributed by atoms with Crippen LogP contribution in [0, 0.1) is 0 Å². The predicted molar refractivity (Wildman–Crippen MR) is 103 cm³/mol. The lowest BCUT2D eigenvalue weighted by Gasteiger charge is -2.20.